The van der Waals surface area contributed by atoms with Gasteiger partial charge >= 0.3 is 0 Å². The molecule has 0 aromatic heterocycles. The Hall–Kier alpha value is -2.95. The number of benzene rings is 1. The highest BCUT2D eigenvalue weighted by Crippen LogP contribution is 2.51. The van der Waals surface area contributed by atoms with Crippen LogP contribution in [-0.2, 0) is 32.1 Å². The molecule has 40 heavy (non-hydrogen) atoms. The van der Waals surface area contributed by atoms with Crippen molar-refractivity contribution in [3.63, 3.8) is 0 Å². The maximum atomic E-state index is 13.9. The minimum atomic E-state index is -2.71. The largest absolute Gasteiger partial charge is 0.507 e. The third kappa shape index (κ3) is 4.80. The zero-order chi connectivity index (χ0) is 29.8. The van der Waals surface area contributed by atoms with Gasteiger partial charge in [0.1, 0.15) is 5.75 Å². The number of hydrogen-bond donors (Lipinski definition) is 3. The van der Waals surface area contributed by atoms with Crippen LogP contribution in [0.4, 0.5) is 0 Å². The number of carbonyl (C=O) groups excluding carboxylic acids is 5. The van der Waals surface area contributed by atoms with Crippen molar-refractivity contribution in [2.24, 2.45) is 41.2 Å². The number of primary amides is 1. The van der Waals surface area contributed by atoms with Crippen molar-refractivity contribution >= 4 is 29.0 Å². The zero-order valence-corrected chi connectivity index (χ0v) is 24.1. The second-order valence-corrected chi connectivity index (χ2v) is 12.9. The number of rotatable bonds is 8. The van der Waals surface area contributed by atoms with Crippen LogP contribution in [-0.4, -0.2) is 87.9 Å². The van der Waals surface area contributed by atoms with E-state index in [-0.39, 0.29) is 24.2 Å². The van der Waals surface area contributed by atoms with Gasteiger partial charge < -0.3 is 15.9 Å². The standard InChI is InChI=1S/C30H41N3O7/c1-14(2)11-33(12-15(3)4)13-16-7-8-20(34)22-18(16)9-17-10-19-24(32(5)6)26(36)23(29(31)39)28(38)30(19,40)27(37)21(17)25(22)35/h7-8,14-15,17,19,21,23-24,34,40H,9-13H2,1-6H3,(H2,31,39)/t17-,19-,21?,23?,24?,30-/m0/s1. The number of aliphatic hydroxyl groups is 1. The van der Waals surface area contributed by atoms with Gasteiger partial charge in [-0.1, -0.05) is 33.8 Å². The monoisotopic (exact) mass is 555 g/mol. The molecule has 1 aromatic rings. The van der Waals surface area contributed by atoms with E-state index in [1.165, 1.54) is 11.0 Å². The van der Waals surface area contributed by atoms with Crippen molar-refractivity contribution in [1.82, 2.24) is 9.80 Å². The first-order valence-corrected chi connectivity index (χ1v) is 14.0. The van der Waals surface area contributed by atoms with Crippen LogP contribution >= 0.6 is 0 Å². The number of hydrogen-bond acceptors (Lipinski definition) is 9. The summed E-state index contributed by atoms with van der Waals surface area (Å²) in [4.78, 5) is 70.4. The quantitative estimate of drug-likeness (QED) is 0.398. The number of amides is 1. The van der Waals surface area contributed by atoms with Crippen LogP contribution in [0.5, 0.6) is 5.75 Å². The van der Waals surface area contributed by atoms with E-state index in [4.69, 9.17) is 5.73 Å². The molecule has 2 saturated carbocycles. The minimum absolute atomic E-state index is 0.0399. The van der Waals surface area contributed by atoms with Gasteiger partial charge in [0, 0.05) is 25.6 Å². The maximum absolute atomic E-state index is 13.9. The average Bonchev–Trinajstić information content (AvgIpc) is 2.81. The van der Waals surface area contributed by atoms with Crippen LogP contribution in [0.3, 0.4) is 0 Å². The topological polar surface area (TPSA) is 158 Å². The van der Waals surface area contributed by atoms with Crippen LogP contribution in [0.2, 0.25) is 0 Å². The van der Waals surface area contributed by atoms with Crippen LogP contribution in [0.15, 0.2) is 12.1 Å². The number of ketones is 4. The van der Waals surface area contributed by atoms with E-state index in [1.54, 1.807) is 14.1 Å². The van der Waals surface area contributed by atoms with E-state index in [1.807, 2.05) is 6.07 Å². The van der Waals surface area contributed by atoms with Gasteiger partial charge in [-0.3, -0.25) is 33.8 Å². The summed E-state index contributed by atoms with van der Waals surface area (Å²) in [5, 5.41) is 22.5. The summed E-state index contributed by atoms with van der Waals surface area (Å²) in [7, 11) is 3.14. The van der Waals surface area contributed by atoms with Crippen LogP contribution in [0.1, 0.15) is 55.6 Å². The van der Waals surface area contributed by atoms with Gasteiger partial charge in [-0.05, 0) is 61.9 Å². The number of phenols is 1. The molecule has 4 rings (SSSR count). The molecular formula is C30H41N3O7. The van der Waals surface area contributed by atoms with Crippen LogP contribution in [0, 0.1) is 35.5 Å². The number of carbonyl (C=O) groups is 5. The van der Waals surface area contributed by atoms with Crippen molar-refractivity contribution in [3.8, 4) is 5.75 Å². The lowest BCUT2D eigenvalue weighted by Gasteiger charge is -2.52. The van der Waals surface area contributed by atoms with Crippen molar-refractivity contribution in [1.29, 1.82) is 0 Å². The lowest BCUT2D eigenvalue weighted by atomic mass is 9.52. The molecule has 3 unspecified atom stereocenters. The second kappa shape index (κ2) is 10.8. The second-order valence-electron chi connectivity index (χ2n) is 12.9. The fourth-order valence-corrected chi connectivity index (χ4v) is 7.29. The van der Waals surface area contributed by atoms with Gasteiger partial charge in [0.25, 0.3) is 0 Å². The van der Waals surface area contributed by atoms with E-state index in [0.717, 1.165) is 18.7 Å². The van der Waals surface area contributed by atoms with Crippen molar-refractivity contribution < 1.29 is 34.2 Å². The molecule has 10 nitrogen and oxygen atoms in total. The molecule has 1 amide bonds. The Labute approximate surface area is 234 Å². The molecule has 6 atom stereocenters. The molecule has 0 saturated heterocycles. The first-order chi connectivity index (χ1) is 18.6. The SMILES string of the molecule is CC(C)CN(Cc1ccc(O)c2c1C[C@H]1C[C@H]3C(N(C)C)C(=O)C(C(N)=O)C(=O)[C@@]3(O)C(=O)C1C2=O)CC(C)C. The Kier molecular flexibility index (Phi) is 8.10. The Bertz CT molecular complexity index is 1250. The van der Waals surface area contributed by atoms with Gasteiger partial charge in [-0.25, -0.2) is 0 Å². The Morgan fingerprint density at radius 3 is 2.17 bits per heavy atom. The molecule has 0 aliphatic heterocycles. The first kappa shape index (κ1) is 30.0. The van der Waals surface area contributed by atoms with Crippen molar-refractivity contribution in [3.05, 3.63) is 28.8 Å². The molecule has 3 aliphatic rings. The summed E-state index contributed by atoms with van der Waals surface area (Å²) >= 11 is 0. The smallest absolute Gasteiger partial charge is 0.235 e. The highest BCUT2D eigenvalue weighted by Gasteiger charge is 2.69. The van der Waals surface area contributed by atoms with Gasteiger partial charge in [0.2, 0.25) is 5.91 Å². The fraction of sp³-hybridized carbons (Fsp3) is 0.633. The predicted molar refractivity (Wildman–Crippen MR) is 146 cm³/mol. The summed E-state index contributed by atoms with van der Waals surface area (Å²) in [5.41, 5.74) is 4.23. The van der Waals surface area contributed by atoms with Gasteiger partial charge in [-0.15, -0.1) is 0 Å². The molecule has 10 heteroatoms. The molecule has 4 N–H and O–H groups in total. The molecule has 2 fully saturated rings. The van der Waals surface area contributed by atoms with Crippen molar-refractivity contribution in [2.45, 2.75) is 58.7 Å². The molecule has 0 spiro atoms. The molecule has 0 bridgehead atoms. The number of Topliss-reactive ketones (excluding diaryl/α,β-unsaturated/α-hetero) is 4. The summed E-state index contributed by atoms with van der Waals surface area (Å²) in [6, 6.07) is 2.15. The number of fused-ring (bicyclic) bond motifs is 3. The third-order valence-corrected chi connectivity index (χ3v) is 8.68. The van der Waals surface area contributed by atoms with Gasteiger partial charge in [0.15, 0.2) is 34.7 Å². The number of nitrogens with two attached hydrogens (primary N) is 1. The third-order valence-electron chi connectivity index (χ3n) is 8.68. The number of likely N-dealkylation sites (N-methyl/N-ethyl adjacent to an activating group) is 1. The predicted octanol–water partition coefficient (Wildman–Crippen LogP) is 0.981. The summed E-state index contributed by atoms with van der Waals surface area (Å²) < 4.78 is 0. The van der Waals surface area contributed by atoms with E-state index in [2.05, 4.69) is 32.6 Å². The van der Waals surface area contributed by atoms with Crippen molar-refractivity contribution in [2.75, 3.05) is 27.2 Å². The number of aromatic hydroxyl groups is 1. The lowest BCUT2D eigenvalue weighted by molar-refractivity contribution is -0.181. The average molecular weight is 556 g/mol. The molecule has 0 heterocycles. The zero-order valence-electron chi connectivity index (χ0n) is 24.1. The molecule has 218 valence electrons. The first-order valence-electron chi connectivity index (χ1n) is 14.0. The highest BCUT2D eigenvalue weighted by atomic mass is 16.3. The van der Waals surface area contributed by atoms with E-state index < -0.39 is 64.4 Å². The molecular weight excluding hydrogens is 514 g/mol. The minimum Gasteiger partial charge on any atom is -0.507 e. The summed E-state index contributed by atoms with van der Waals surface area (Å²) in [6.45, 7) is 10.8. The highest BCUT2D eigenvalue weighted by molar-refractivity contribution is 6.32. The van der Waals surface area contributed by atoms with Crippen LogP contribution in [0.25, 0.3) is 0 Å². The Balaban J connectivity index is 1.79. The number of nitrogens with zero attached hydrogens (tertiary/aromatic N) is 2. The fourth-order valence-electron chi connectivity index (χ4n) is 7.29. The normalized spacial score (nSPS) is 30.2. The maximum Gasteiger partial charge on any atom is 0.235 e. The van der Waals surface area contributed by atoms with E-state index in [0.29, 0.717) is 23.9 Å². The van der Waals surface area contributed by atoms with Gasteiger partial charge in [0.05, 0.1) is 17.5 Å². The van der Waals surface area contributed by atoms with E-state index >= 15 is 0 Å². The summed E-state index contributed by atoms with van der Waals surface area (Å²) in [6.07, 6.45) is 0.313. The Morgan fingerprint density at radius 2 is 1.65 bits per heavy atom. The van der Waals surface area contributed by atoms with Crippen LogP contribution < -0.4 is 5.73 Å². The lowest BCUT2D eigenvalue weighted by Crippen LogP contribution is -2.74. The summed E-state index contributed by atoms with van der Waals surface area (Å²) in [5.74, 6) is -9.43. The van der Waals surface area contributed by atoms with Gasteiger partial charge in [-0.2, -0.15) is 0 Å². The molecule has 3 aliphatic carbocycles. The molecule has 0 radical (unpaired) electrons. The molecule has 1 aromatic carbocycles. The Morgan fingerprint density at radius 1 is 1.05 bits per heavy atom. The number of phenolic OH excluding ortho intramolecular Hbond substituents is 1. The van der Waals surface area contributed by atoms with E-state index in [9.17, 15) is 34.2 Å².